The summed E-state index contributed by atoms with van der Waals surface area (Å²) in [5.74, 6) is 0.816. The molecule has 2 aromatic rings. The highest BCUT2D eigenvalue weighted by Gasteiger charge is 2.22. The standard InChI is InChI=1S/C17H17NO3/c1-2-15-14(9-11-21-15)17(20)12-5-7-13(8-6-12)18-10-3-4-16(18)19/h5-9,11H,2-4,10H2,1H3. The van der Waals surface area contributed by atoms with Crippen molar-refractivity contribution in [1.29, 1.82) is 0 Å². The minimum Gasteiger partial charge on any atom is -0.469 e. The molecule has 0 N–H and O–H groups in total. The molecule has 0 spiro atoms. The second kappa shape index (κ2) is 5.56. The largest absolute Gasteiger partial charge is 0.469 e. The first-order chi connectivity index (χ1) is 10.2. The molecule has 0 radical (unpaired) electrons. The molecule has 1 saturated heterocycles. The van der Waals surface area contributed by atoms with E-state index in [9.17, 15) is 9.59 Å². The number of ketones is 1. The van der Waals surface area contributed by atoms with Crippen molar-refractivity contribution in [2.24, 2.45) is 0 Å². The normalized spacial score (nSPS) is 14.7. The fraction of sp³-hybridized carbons (Fsp3) is 0.294. The average molecular weight is 283 g/mol. The molecule has 0 saturated carbocycles. The van der Waals surface area contributed by atoms with Gasteiger partial charge in [-0.2, -0.15) is 0 Å². The Morgan fingerprint density at radius 2 is 2.00 bits per heavy atom. The summed E-state index contributed by atoms with van der Waals surface area (Å²) in [5, 5.41) is 0. The van der Waals surface area contributed by atoms with Gasteiger partial charge in [0.05, 0.1) is 11.8 Å². The van der Waals surface area contributed by atoms with Crippen LogP contribution in [-0.4, -0.2) is 18.2 Å². The summed E-state index contributed by atoms with van der Waals surface area (Å²) >= 11 is 0. The zero-order valence-corrected chi connectivity index (χ0v) is 12.0. The molecule has 1 fully saturated rings. The minimum atomic E-state index is -0.0418. The van der Waals surface area contributed by atoms with Gasteiger partial charge in [0.25, 0.3) is 0 Å². The molecule has 1 amide bonds. The number of benzene rings is 1. The molecule has 4 nitrogen and oxygen atoms in total. The molecule has 1 aliphatic rings. The molecule has 108 valence electrons. The predicted octanol–water partition coefficient (Wildman–Crippen LogP) is 3.20. The Bertz CT molecular complexity index is 670. The molecular weight excluding hydrogens is 266 g/mol. The van der Waals surface area contributed by atoms with Gasteiger partial charge in [0.1, 0.15) is 5.76 Å². The second-order valence-electron chi connectivity index (χ2n) is 5.14. The van der Waals surface area contributed by atoms with Gasteiger partial charge in [0, 0.05) is 30.6 Å². The van der Waals surface area contributed by atoms with Gasteiger partial charge < -0.3 is 9.32 Å². The average Bonchev–Trinajstić information content (AvgIpc) is 3.15. The van der Waals surface area contributed by atoms with Gasteiger partial charge in [0.2, 0.25) is 5.91 Å². The van der Waals surface area contributed by atoms with E-state index < -0.39 is 0 Å². The highest BCUT2D eigenvalue weighted by molar-refractivity contribution is 6.10. The highest BCUT2D eigenvalue weighted by Crippen LogP contribution is 2.23. The van der Waals surface area contributed by atoms with Gasteiger partial charge >= 0.3 is 0 Å². The topological polar surface area (TPSA) is 50.5 Å². The summed E-state index contributed by atoms with van der Waals surface area (Å²) in [7, 11) is 0. The minimum absolute atomic E-state index is 0.0418. The Balaban J connectivity index is 1.84. The van der Waals surface area contributed by atoms with Crippen LogP contribution >= 0.6 is 0 Å². The zero-order chi connectivity index (χ0) is 14.8. The van der Waals surface area contributed by atoms with Crippen LogP contribution in [0.4, 0.5) is 5.69 Å². The molecule has 21 heavy (non-hydrogen) atoms. The number of anilines is 1. The van der Waals surface area contributed by atoms with Crippen LogP contribution in [0, 0.1) is 0 Å². The Labute approximate surface area is 123 Å². The summed E-state index contributed by atoms with van der Waals surface area (Å²) < 4.78 is 5.30. The van der Waals surface area contributed by atoms with Crippen LogP contribution < -0.4 is 4.90 Å². The van der Waals surface area contributed by atoms with Crippen molar-refractivity contribution in [3.8, 4) is 0 Å². The predicted molar refractivity (Wildman–Crippen MR) is 79.5 cm³/mol. The van der Waals surface area contributed by atoms with Gasteiger partial charge in [-0.25, -0.2) is 0 Å². The molecule has 4 heteroatoms. The summed E-state index contributed by atoms with van der Waals surface area (Å²) in [4.78, 5) is 25.9. The molecule has 0 unspecified atom stereocenters. The van der Waals surface area contributed by atoms with Gasteiger partial charge in [-0.15, -0.1) is 0 Å². The number of aryl methyl sites for hydroxylation is 1. The molecule has 0 bridgehead atoms. The van der Waals surface area contributed by atoms with Crippen LogP contribution in [0.3, 0.4) is 0 Å². The molecule has 2 heterocycles. The van der Waals surface area contributed by atoms with E-state index in [-0.39, 0.29) is 11.7 Å². The van der Waals surface area contributed by atoms with E-state index >= 15 is 0 Å². The van der Waals surface area contributed by atoms with Crippen LogP contribution in [0.25, 0.3) is 0 Å². The van der Waals surface area contributed by atoms with Crippen LogP contribution in [0.2, 0.25) is 0 Å². The first-order valence-electron chi connectivity index (χ1n) is 7.22. The highest BCUT2D eigenvalue weighted by atomic mass is 16.3. The Kier molecular flexibility index (Phi) is 3.60. The number of amides is 1. The maximum Gasteiger partial charge on any atom is 0.227 e. The number of rotatable bonds is 4. The number of carbonyl (C=O) groups excluding carboxylic acids is 2. The van der Waals surface area contributed by atoms with E-state index in [0.29, 0.717) is 29.7 Å². The quantitative estimate of drug-likeness (QED) is 0.810. The van der Waals surface area contributed by atoms with Crippen molar-refractivity contribution >= 4 is 17.4 Å². The van der Waals surface area contributed by atoms with Crippen molar-refractivity contribution in [2.75, 3.05) is 11.4 Å². The van der Waals surface area contributed by atoms with Crippen molar-refractivity contribution in [3.63, 3.8) is 0 Å². The number of carbonyl (C=O) groups is 2. The molecule has 3 rings (SSSR count). The SMILES string of the molecule is CCc1occc1C(=O)c1ccc(N2CCCC2=O)cc1. The maximum absolute atomic E-state index is 12.4. The molecule has 1 aromatic carbocycles. The number of furan rings is 1. The lowest BCUT2D eigenvalue weighted by Crippen LogP contribution is -2.23. The smallest absolute Gasteiger partial charge is 0.227 e. The van der Waals surface area contributed by atoms with Gasteiger partial charge in [-0.1, -0.05) is 6.92 Å². The zero-order valence-electron chi connectivity index (χ0n) is 12.0. The second-order valence-corrected chi connectivity index (χ2v) is 5.14. The van der Waals surface area contributed by atoms with Crippen LogP contribution in [0.5, 0.6) is 0 Å². The van der Waals surface area contributed by atoms with E-state index in [1.807, 2.05) is 19.1 Å². The van der Waals surface area contributed by atoms with Crippen LogP contribution in [0.15, 0.2) is 41.0 Å². The number of hydrogen-bond acceptors (Lipinski definition) is 3. The first-order valence-corrected chi connectivity index (χ1v) is 7.22. The Morgan fingerprint density at radius 1 is 1.24 bits per heavy atom. The monoisotopic (exact) mass is 283 g/mol. The van der Waals surface area contributed by atoms with Crippen molar-refractivity contribution in [2.45, 2.75) is 26.2 Å². The fourth-order valence-electron chi connectivity index (χ4n) is 2.69. The molecule has 1 aromatic heterocycles. The van der Waals surface area contributed by atoms with E-state index in [0.717, 1.165) is 18.7 Å². The third kappa shape index (κ3) is 2.49. The summed E-state index contributed by atoms with van der Waals surface area (Å²) in [6.45, 7) is 2.71. The van der Waals surface area contributed by atoms with E-state index in [2.05, 4.69) is 0 Å². The van der Waals surface area contributed by atoms with Crippen molar-refractivity contribution < 1.29 is 14.0 Å². The summed E-state index contributed by atoms with van der Waals surface area (Å²) in [6, 6.07) is 8.93. The molecule has 0 atom stereocenters. The molecular formula is C17H17NO3. The summed E-state index contributed by atoms with van der Waals surface area (Å²) in [5.41, 5.74) is 2.08. The van der Waals surface area contributed by atoms with Gasteiger partial charge in [-0.05, 0) is 36.8 Å². The lowest BCUT2D eigenvalue weighted by molar-refractivity contribution is -0.117. The summed E-state index contributed by atoms with van der Waals surface area (Å²) in [6.07, 6.45) is 3.74. The molecule has 1 aliphatic heterocycles. The third-order valence-electron chi connectivity index (χ3n) is 3.83. The molecule has 0 aliphatic carbocycles. The van der Waals surface area contributed by atoms with E-state index in [1.54, 1.807) is 29.4 Å². The van der Waals surface area contributed by atoms with E-state index in [1.165, 1.54) is 0 Å². The first kappa shape index (κ1) is 13.6. The lowest BCUT2D eigenvalue weighted by atomic mass is 10.0. The van der Waals surface area contributed by atoms with Gasteiger partial charge in [-0.3, -0.25) is 9.59 Å². The Morgan fingerprint density at radius 3 is 2.62 bits per heavy atom. The number of hydrogen-bond donors (Lipinski definition) is 0. The maximum atomic E-state index is 12.4. The third-order valence-corrected chi connectivity index (χ3v) is 3.83. The van der Waals surface area contributed by atoms with Gasteiger partial charge in [0.15, 0.2) is 5.78 Å². The fourth-order valence-corrected chi connectivity index (χ4v) is 2.69. The Hall–Kier alpha value is -2.36. The van der Waals surface area contributed by atoms with Crippen molar-refractivity contribution in [1.82, 2.24) is 0 Å². The van der Waals surface area contributed by atoms with Crippen LogP contribution in [-0.2, 0) is 11.2 Å². The van der Waals surface area contributed by atoms with Crippen LogP contribution in [0.1, 0.15) is 41.4 Å². The van der Waals surface area contributed by atoms with E-state index in [4.69, 9.17) is 4.42 Å². The van der Waals surface area contributed by atoms with Crippen molar-refractivity contribution in [3.05, 3.63) is 53.5 Å². The number of nitrogens with zero attached hydrogens (tertiary/aromatic N) is 1. The lowest BCUT2D eigenvalue weighted by Gasteiger charge is -2.15.